The second kappa shape index (κ2) is 8.90. The zero-order valence-corrected chi connectivity index (χ0v) is 15.5. The van der Waals surface area contributed by atoms with E-state index in [1.807, 2.05) is 43.3 Å². The molecule has 3 rings (SSSR count). The Labute approximate surface area is 158 Å². The molecule has 4 nitrogen and oxygen atoms in total. The number of aryl methyl sites for hydroxylation is 1. The van der Waals surface area contributed by atoms with Gasteiger partial charge in [-0.3, -0.25) is 0 Å². The van der Waals surface area contributed by atoms with Crippen molar-refractivity contribution in [1.29, 1.82) is 0 Å². The third kappa shape index (κ3) is 4.88. The molecule has 0 aliphatic carbocycles. The monoisotopic (exact) mass is 370 g/mol. The van der Waals surface area contributed by atoms with E-state index in [2.05, 4.69) is 16.7 Å². The van der Waals surface area contributed by atoms with E-state index in [4.69, 9.17) is 16.0 Å². The van der Waals surface area contributed by atoms with Gasteiger partial charge in [0.2, 0.25) is 0 Å². The summed E-state index contributed by atoms with van der Waals surface area (Å²) < 4.78 is 5.55. The maximum absolute atomic E-state index is 10.2. The maximum Gasteiger partial charge on any atom is 0.136 e. The Morgan fingerprint density at radius 2 is 1.92 bits per heavy atom. The quantitative estimate of drug-likeness (QED) is 0.505. The second-order valence-electron chi connectivity index (χ2n) is 6.22. The van der Waals surface area contributed by atoms with E-state index >= 15 is 0 Å². The molecule has 0 bridgehead atoms. The molecule has 0 amide bonds. The summed E-state index contributed by atoms with van der Waals surface area (Å²) in [5.74, 6) is 0.899. The van der Waals surface area contributed by atoms with Gasteiger partial charge in [-0.1, -0.05) is 35.9 Å². The molecule has 0 aliphatic rings. The highest BCUT2D eigenvalue weighted by atomic mass is 35.5. The van der Waals surface area contributed by atoms with Crippen LogP contribution >= 0.6 is 11.6 Å². The van der Waals surface area contributed by atoms with Gasteiger partial charge in [-0.05, 0) is 48.4 Å². The molecule has 0 spiro atoms. The number of hydrogen-bond acceptors (Lipinski definition) is 4. The molecule has 0 aliphatic heterocycles. The first-order chi connectivity index (χ1) is 12.6. The van der Waals surface area contributed by atoms with Crippen LogP contribution in [0.1, 0.15) is 17.2 Å². The highest BCUT2D eigenvalue weighted by Gasteiger charge is 2.08. The van der Waals surface area contributed by atoms with Crippen LogP contribution in [0.4, 0.5) is 5.69 Å². The topological polar surface area (TPSA) is 57.4 Å². The Morgan fingerprint density at radius 1 is 1.08 bits per heavy atom. The van der Waals surface area contributed by atoms with Gasteiger partial charge < -0.3 is 20.2 Å². The lowest BCUT2D eigenvalue weighted by atomic mass is 10.1. The van der Waals surface area contributed by atoms with E-state index in [1.165, 1.54) is 0 Å². The van der Waals surface area contributed by atoms with Gasteiger partial charge in [0.1, 0.15) is 5.76 Å². The summed E-state index contributed by atoms with van der Waals surface area (Å²) in [5.41, 5.74) is 4.04. The van der Waals surface area contributed by atoms with Gasteiger partial charge in [-0.25, -0.2) is 0 Å². The highest BCUT2D eigenvalue weighted by molar-refractivity contribution is 6.30. The summed E-state index contributed by atoms with van der Waals surface area (Å²) in [6, 6.07) is 17.4. The van der Waals surface area contributed by atoms with Gasteiger partial charge >= 0.3 is 0 Å². The SMILES string of the molecule is Cc1ccoc1-c1cccc(NCCNC[C@H](O)c2cccc(Cl)c2)c1. The number of aliphatic hydroxyl groups excluding tert-OH is 1. The van der Waals surface area contributed by atoms with Crippen LogP contribution in [-0.2, 0) is 0 Å². The number of nitrogens with one attached hydrogen (secondary N) is 2. The summed E-state index contributed by atoms with van der Waals surface area (Å²) in [6.45, 7) is 4.01. The minimum atomic E-state index is -0.570. The maximum atomic E-state index is 10.2. The molecule has 0 unspecified atom stereocenters. The van der Waals surface area contributed by atoms with E-state index in [9.17, 15) is 5.11 Å². The van der Waals surface area contributed by atoms with Crippen LogP contribution in [0.25, 0.3) is 11.3 Å². The zero-order chi connectivity index (χ0) is 18.4. The van der Waals surface area contributed by atoms with Crippen LogP contribution in [0.2, 0.25) is 5.02 Å². The smallest absolute Gasteiger partial charge is 0.136 e. The molecule has 136 valence electrons. The number of halogens is 1. The molecule has 5 heteroatoms. The predicted molar refractivity (Wildman–Crippen MR) is 107 cm³/mol. The average molecular weight is 371 g/mol. The van der Waals surface area contributed by atoms with Crippen molar-refractivity contribution < 1.29 is 9.52 Å². The van der Waals surface area contributed by atoms with Gasteiger partial charge in [0.05, 0.1) is 12.4 Å². The molecule has 26 heavy (non-hydrogen) atoms. The number of anilines is 1. The lowest BCUT2D eigenvalue weighted by Gasteiger charge is -2.13. The standard InChI is InChI=1S/C21H23ClN2O2/c1-15-8-11-26-21(15)17-5-3-7-19(13-17)24-10-9-23-14-20(25)16-4-2-6-18(22)12-16/h2-8,11-13,20,23-25H,9-10,14H2,1H3/t20-/m0/s1. The Balaban J connectivity index is 1.45. The molecule has 3 N–H and O–H groups in total. The molecular weight excluding hydrogens is 348 g/mol. The largest absolute Gasteiger partial charge is 0.464 e. The fourth-order valence-electron chi connectivity index (χ4n) is 2.80. The van der Waals surface area contributed by atoms with Gasteiger partial charge in [-0.15, -0.1) is 0 Å². The first-order valence-electron chi connectivity index (χ1n) is 8.66. The van der Waals surface area contributed by atoms with Crippen LogP contribution < -0.4 is 10.6 Å². The summed E-state index contributed by atoms with van der Waals surface area (Å²) in [6.07, 6.45) is 1.14. The lowest BCUT2D eigenvalue weighted by Crippen LogP contribution is -2.26. The number of furan rings is 1. The van der Waals surface area contributed by atoms with E-state index in [1.54, 1.807) is 18.4 Å². The van der Waals surface area contributed by atoms with Gasteiger partial charge in [-0.2, -0.15) is 0 Å². The minimum Gasteiger partial charge on any atom is -0.464 e. The van der Waals surface area contributed by atoms with Gasteiger partial charge in [0.25, 0.3) is 0 Å². The summed E-state index contributed by atoms with van der Waals surface area (Å²) in [7, 11) is 0. The predicted octanol–water partition coefficient (Wildman–Crippen LogP) is 4.64. The van der Waals surface area contributed by atoms with Crippen molar-refractivity contribution in [1.82, 2.24) is 5.32 Å². The van der Waals surface area contributed by atoms with Crippen molar-refractivity contribution in [3.63, 3.8) is 0 Å². The molecule has 1 heterocycles. The lowest BCUT2D eigenvalue weighted by molar-refractivity contribution is 0.175. The molecule has 3 aromatic rings. The Hall–Kier alpha value is -2.27. The first kappa shape index (κ1) is 18.5. The molecule has 1 atom stereocenters. The van der Waals surface area contributed by atoms with E-state index in [-0.39, 0.29) is 0 Å². The van der Waals surface area contributed by atoms with E-state index < -0.39 is 6.10 Å². The molecule has 1 aromatic heterocycles. The summed E-state index contributed by atoms with van der Waals surface area (Å²) in [5, 5.41) is 17.4. The highest BCUT2D eigenvalue weighted by Crippen LogP contribution is 2.26. The van der Waals surface area contributed by atoms with Crippen LogP contribution in [0.3, 0.4) is 0 Å². The van der Waals surface area contributed by atoms with Crippen LogP contribution in [0.15, 0.2) is 65.3 Å². The van der Waals surface area contributed by atoms with Crippen LogP contribution in [0.5, 0.6) is 0 Å². The van der Waals surface area contributed by atoms with Crippen molar-refractivity contribution in [2.24, 2.45) is 0 Å². The number of hydrogen-bond donors (Lipinski definition) is 3. The molecule has 0 fully saturated rings. The zero-order valence-electron chi connectivity index (χ0n) is 14.7. The van der Waals surface area contributed by atoms with Gasteiger partial charge in [0, 0.05) is 35.9 Å². The van der Waals surface area contributed by atoms with Gasteiger partial charge in [0.15, 0.2) is 0 Å². The molecular formula is C21H23ClN2O2. The summed E-state index contributed by atoms with van der Waals surface area (Å²) in [4.78, 5) is 0. The third-order valence-corrected chi connectivity index (χ3v) is 4.42. The van der Waals surface area contributed by atoms with Crippen molar-refractivity contribution in [2.75, 3.05) is 25.0 Å². The third-order valence-electron chi connectivity index (χ3n) is 4.19. The number of aliphatic hydroxyl groups is 1. The van der Waals surface area contributed by atoms with Crippen molar-refractivity contribution in [2.45, 2.75) is 13.0 Å². The van der Waals surface area contributed by atoms with Crippen LogP contribution in [0, 0.1) is 6.92 Å². The average Bonchev–Trinajstić information content (AvgIpc) is 3.07. The Morgan fingerprint density at radius 3 is 2.69 bits per heavy atom. The molecule has 0 saturated carbocycles. The molecule has 2 aromatic carbocycles. The van der Waals surface area contributed by atoms with E-state index in [0.29, 0.717) is 11.6 Å². The normalized spacial score (nSPS) is 12.1. The second-order valence-corrected chi connectivity index (χ2v) is 6.65. The fraction of sp³-hybridized carbons (Fsp3) is 0.238. The van der Waals surface area contributed by atoms with Crippen molar-refractivity contribution in [3.8, 4) is 11.3 Å². The molecule has 0 saturated heterocycles. The number of benzene rings is 2. The first-order valence-corrected chi connectivity index (χ1v) is 9.04. The van der Waals surface area contributed by atoms with Crippen molar-refractivity contribution >= 4 is 17.3 Å². The minimum absolute atomic E-state index is 0.480. The number of rotatable bonds is 8. The van der Waals surface area contributed by atoms with E-state index in [0.717, 1.165) is 41.2 Å². The summed E-state index contributed by atoms with van der Waals surface area (Å²) >= 11 is 5.95. The molecule has 0 radical (unpaired) electrons. The van der Waals surface area contributed by atoms with Crippen LogP contribution in [-0.4, -0.2) is 24.7 Å². The Bertz CT molecular complexity index is 847. The fourth-order valence-corrected chi connectivity index (χ4v) is 3.00. The van der Waals surface area contributed by atoms with Crippen molar-refractivity contribution in [3.05, 3.63) is 77.0 Å². The Kier molecular flexibility index (Phi) is 6.34.